The first kappa shape index (κ1) is 15.5. The van der Waals surface area contributed by atoms with Gasteiger partial charge in [-0.2, -0.15) is 0 Å². The highest BCUT2D eigenvalue weighted by molar-refractivity contribution is 5.89. The van der Waals surface area contributed by atoms with Crippen LogP contribution in [-0.2, 0) is 32.3 Å². The lowest BCUT2D eigenvalue weighted by Crippen LogP contribution is -2.04. The molecule has 0 amide bonds. The second kappa shape index (κ2) is 7.22. The maximum atomic E-state index is 11.2. The van der Waals surface area contributed by atoms with Gasteiger partial charge in [-0.1, -0.05) is 49.6 Å². The molecule has 0 saturated heterocycles. The summed E-state index contributed by atoms with van der Waals surface area (Å²) in [5.74, 6) is -0.958. The molecule has 0 spiro atoms. The largest absolute Gasteiger partial charge is 0.458 e. The third-order valence-corrected chi connectivity index (χ3v) is 3.15. The van der Waals surface area contributed by atoms with Gasteiger partial charge in [0.2, 0.25) is 0 Å². The number of ether oxygens (including phenoxy) is 2. The standard InChI is InChI=1S/C18H16O4/c1-3-16(19)21-11-14-9-5-7-13-8-6-10-15(18(13)14)12-22-17(20)4-2/h3-10H,1-2,11-12H2. The van der Waals surface area contributed by atoms with Crippen LogP contribution in [-0.4, -0.2) is 11.9 Å². The normalized spacial score (nSPS) is 10.0. The second-order valence-electron chi connectivity index (χ2n) is 4.56. The molecular weight excluding hydrogens is 280 g/mol. The van der Waals surface area contributed by atoms with E-state index in [9.17, 15) is 9.59 Å². The second-order valence-corrected chi connectivity index (χ2v) is 4.56. The molecule has 0 aromatic heterocycles. The van der Waals surface area contributed by atoms with Crippen molar-refractivity contribution in [2.45, 2.75) is 13.2 Å². The number of carbonyl (C=O) groups excluding carboxylic acids is 2. The summed E-state index contributed by atoms with van der Waals surface area (Å²) in [4.78, 5) is 22.5. The lowest BCUT2D eigenvalue weighted by atomic mass is 10.00. The predicted molar refractivity (Wildman–Crippen MR) is 83.9 cm³/mol. The molecule has 0 aliphatic carbocycles. The first-order valence-corrected chi connectivity index (χ1v) is 6.73. The lowest BCUT2D eigenvalue weighted by Gasteiger charge is -2.12. The molecule has 0 aliphatic rings. The Balaban J connectivity index is 2.35. The van der Waals surface area contributed by atoms with E-state index in [2.05, 4.69) is 13.2 Å². The third kappa shape index (κ3) is 3.61. The fourth-order valence-electron chi connectivity index (χ4n) is 2.16. The fraction of sp³-hybridized carbons (Fsp3) is 0.111. The van der Waals surface area contributed by atoms with Gasteiger partial charge in [0.15, 0.2) is 0 Å². The minimum Gasteiger partial charge on any atom is -0.458 e. The topological polar surface area (TPSA) is 52.6 Å². The van der Waals surface area contributed by atoms with E-state index in [0.29, 0.717) is 0 Å². The number of benzene rings is 2. The maximum absolute atomic E-state index is 11.2. The van der Waals surface area contributed by atoms with Crippen molar-refractivity contribution in [2.75, 3.05) is 0 Å². The van der Waals surface area contributed by atoms with E-state index in [1.165, 1.54) is 0 Å². The lowest BCUT2D eigenvalue weighted by molar-refractivity contribution is -0.139. The van der Waals surface area contributed by atoms with Crippen molar-refractivity contribution in [3.63, 3.8) is 0 Å². The Kier molecular flexibility index (Phi) is 5.09. The Bertz CT molecular complexity index is 672. The molecule has 0 unspecified atom stereocenters. The van der Waals surface area contributed by atoms with E-state index in [0.717, 1.165) is 34.1 Å². The van der Waals surface area contributed by atoms with Gasteiger partial charge in [0, 0.05) is 12.2 Å². The van der Waals surface area contributed by atoms with Crippen molar-refractivity contribution in [1.82, 2.24) is 0 Å². The molecule has 0 aliphatic heterocycles. The predicted octanol–water partition coefficient (Wildman–Crippen LogP) is 3.30. The minimum absolute atomic E-state index is 0.134. The molecular formula is C18H16O4. The zero-order chi connectivity index (χ0) is 15.9. The fourth-order valence-corrected chi connectivity index (χ4v) is 2.16. The molecule has 4 nitrogen and oxygen atoms in total. The molecule has 0 heterocycles. The van der Waals surface area contributed by atoms with Crippen LogP contribution >= 0.6 is 0 Å². The summed E-state index contributed by atoms with van der Waals surface area (Å²) in [6.07, 6.45) is 2.25. The van der Waals surface area contributed by atoms with Crippen LogP contribution in [0.5, 0.6) is 0 Å². The van der Waals surface area contributed by atoms with Crippen molar-refractivity contribution < 1.29 is 19.1 Å². The molecule has 0 radical (unpaired) electrons. The van der Waals surface area contributed by atoms with Crippen LogP contribution in [0.1, 0.15) is 11.1 Å². The van der Waals surface area contributed by atoms with Crippen LogP contribution in [0.4, 0.5) is 0 Å². The van der Waals surface area contributed by atoms with Crippen molar-refractivity contribution in [3.8, 4) is 0 Å². The summed E-state index contributed by atoms with van der Waals surface area (Å²) in [6.45, 7) is 7.01. The first-order chi connectivity index (χ1) is 10.7. The van der Waals surface area contributed by atoms with Crippen molar-refractivity contribution in [1.29, 1.82) is 0 Å². The van der Waals surface area contributed by atoms with Gasteiger partial charge in [-0.3, -0.25) is 0 Å². The van der Waals surface area contributed by atoms with Crippen molar-refractivity contribution >= 4 is 22.7 Å². The zero-order valence-electron chi connectivity index (χ0n) is 12.1. The van der Waals surface area contributed by atoms with Crippen LogP contribution < -0.4 is 0 Å². The summed E-state index contributed by atoms with van der Waals surface area (Å²) in [5, 5.41) is 1.90. The van der Waals surface area contributed by atoms with Gasteiger partial charge in [0.25, 0.3) is 0 Å². The average molecular weight is 296 g/mol. The molecule has 2 aromatic carbocycles. The van der Waals surface area contributed by atoms with Crippen molar-refractivity contribution in [2.24, 2.45) is 0 Å². The number of rotatable bonds is 6. The summed E-state index contributed by atoms with van der Waals surface area (Å²) in [5.41, 5.74) is 1.69. The zero-order valence-corrected chi connectivity index (χ0v) is 12.1. The van der Waals surface area contributed by atoms with E-state index in [4.69, 9.17) is 9.47 Å². The Hall–Kier alpha value is -2.88. The van der Waals surface area contributed by atoms with Crippen LogP contribution in [0.15, 0.2) is 61.7 Å². The van der Waals surface area contributed by atoms with Crippen LogP contribution in [0, 0.1) is 0 Å². The minimum atomic E-state index is -0.479. The Labute approximate surface area is 128 Å². The Morgan fingerprint density at radius 2 is 1.32 bits per heavy atom. The van der Waals surface area contributed by atoms with Gasteiger partial charge in [-0.15, -0.1) is 0 Å². The van der Waals surface area contributed by atoms with E-state index < -0.39 is 11.9 Å². The number of fused-ring (bicyclic) bond motifs is 1. The quantitative estimate of drug-likeness (QED) is 0.606. The molecule has 4 heteroatoms. The van der Waals surface area contributed by atoms with Crippen LogP contribution in [0.25, 0.3) is 10.8 Å². The third-order valence-electron chi connectivity index (χ3n) is 3.15. The number of carbonyl (C=O) groups is 2. The Morgan fingerprint density at radius 1 is 0.864 bits per heavy atom. The number of esters is 2. The van der Waals surface area contributed by atoms with E-state index in [1.54, 1.807) is 0 Å². The van der Waals surface area contributed by atoms with Crippen LogP contribution in [0.3, 0.4) is 0 Å². The molecule has 0 fully saturated rings. The van der Waals surface area contributed by atoms with E-state index in [-0.39, 0.29) is 13.2 Å². The average Bonchev–Trinajstić information content (AvgIpc) is 2.57. The van der Waals surface area contributed by atoms with Gasteiger partial charge in [-0.25, -0.2) is 9.59 Å². The molecule has 22 heavy (non-hydrogen) atoms. The molecule has 112 valence electrons. The van der Waals surface area contributed by atoms with Gasteiger partial charge in [0.1, 0.15) is 13.2 Å². The molecule has 0 atom stereocenters. The van der Waals surface area contributed by atoms with Crippen LogP contribution in [0.2, 0.25) is 0 Å². The molecule has 0 saturated carbocycles. The SMILES string of the molecule is C=CC(=O)OCc1cccc2cccc(COC(=O)C=C)c12. The van der Waals surface area contributed by atoms with E-state index in [1.807, 2.05) is 36.4 Å². The Morgan fingerprint density at radius 3 is 1.73 bits per heavy atom. The smallest absolute Gasteiger partial charge is 0.330 e. The molecule has 2 aromatic rings. The highest BCUT2D eigenvalue weighted by atomic mass is 16.5. The summed E-state index contributed by atoms with van der Waals surface area (Å²) in [7, 11) is 0. The summed E-state index contributed by atoms with van der Waals surface area (Å²) >= 11 is 0. The monoisotopic (exact) mass is 296 g/mol. The van der Waals surface area contributed by atoms with Gasteiger partial charge >= 0.3 is 11.9 Å². The molecule has 0 bridgehead atoms. The first-order valence-electron chi connectivity index (χ1n) is 6.73. The molecule has 2 rings (SSSR count). The van der Waals surface area contributed by atoms with Crippen molar-refractivity contribution in [3.05, 3.63) is 72.8 Å². The summed E-state index contributed by atoms with van der Waals surface area (Å²) in [6, 6.07) is 11.4. The van der Waals surface area contributed by atoms with Gasteiger partial charge < -0.3 is 9.47 Å². The number of hydrogen-bond acceptors (Lipinski definition) is 4. The highest BCUT2D eigenvalue weighted by Gasteiger charge is 2.09. The molecule has 0 N–H and O–H groups in total. The number of hydrogen-bond donors (Lipinski definition) is 0. The van der Waals surface area contributed by atoms with E-state index >= 15 is 0 Å². The maximum Gasteiger partial charge on any atom is 0.330 e. The highest BCUT2D eigenvalue weighted by Crippen LogP contribution is 2.24. The summed E-state index contributed by atoms with van der Waals surface area (Å²) < 4.78 is 10.2. The van der Waals surface area contributed by atoms with Gasteiger partial charge in [0.05, 0.1) is 0 Å². The van der Waals surface area contributed by atoms with Gasteiger partial charge in [-0.05, 0) is 21.9 Å².